The first-order chi connectivity index (χ1) is 13.0. The summed E-state index contributed by atoms with van der Waals surface area (Å²) in [5.41, 5.74) is -0.860. The fraction of sp³-hybridized carbons (Fsp3) is 0.444. The van der Waals surface area contributed by atoms with Gasteiger partial charge in [0, 0.05) is 30.7 Å². The molecule has 1 aromatic rings. The number of carbonyl (C=O) groups is 4. The Morgan fingerprint density at radius 3 is 2.57 bits per heavy atom. The minimum Gasteiger partial charge on any atom is -0.456 e. The number of amides is 4. The number of halogens is 2. The molecule has 1 saturated heterocycles. The van der Waals surface area contributed by atoms with Crippen LogP contribution in [0.1, 0.15) is 25.8 Å². The van der Waals surface area contributed by atoms with E-state index >= 15 is 0 Å². The lowest BCUT2D eigenvalue weighted by molar-refractivity contribution is -0.152. The smallest absolute Gasteiger partial charge is 0.325 e. The van der Waals surface area contributed by atoms with Crippen molar-refractivity contribution in [3.05, 3.63) is 34.6 Å². The van der Waals surface area contributed by atoms with Crippen molar-refractivity contribution in [3.8, 4) is 0 Å². The minimum absolute atomic E-state index is 0.0839. The fourth-order valence-electron chi connectivity index (χ4n) is 2.56. The van der Waals surface area contributed by atoms with Crippen LogP contribution in [0, 0.1) is 5.82 Å². The number of rotatable bonds is 7. The van der Waals surface area contributed by atoms with E-state index in [-0.39, 0.29) is 30.1 Å². The summed E-state index contributed by atoms with van der Waals surface area (Å²) in [6, 6.07) is 3.61. The zero-order valence-corrected chi connectivity index (χ0v) is 16.5. The quantitative estimate of drug-likeness (QED) is 0.542. The Morgan fingerprint density at radius 2 is 2.00 bits per heavy atom. The van der Waals surface area contributed by atoms with Crippen LogP contribution in [0.2, 0.25) is 5.02 Å². The first kappa shape index (κ1) is 21.6. The monoisotopic (exact) mass is 413 g/mol. The van der Waals surface area contributed by atoms with E-state index in [0.29, 0.717) is 0 Å². The Hall–Kier alpha value is -2.68. The number of imide groups is 1. The van der Waals surface area contributed by atoms with Crippen molar-refractivity contribution in [1.82, 2.24) is 15.1 Å². The molecule has 1 aromatic carbocycles. The predicted molar refractivity (Wildman–Crippen MR) is 97.8 cm³/mol. The molecule has 0 aromatic heterocycles. The highest BCUT2D eigenvalue weighted by atomic mass is 35.5. The van der Waals surface area contributed by atoms with E-state index in [0.717, 1.165) is 4.90 Å². The van der Waals surface area contributed by atoms with Crippen LogP contribution in [-0.2, 0) is 25.7 Å². The number of nitrogens with zero attached hydrogens (tertiary/aromatic N) is 2. The molecule has 0 saturated carbocycles. The highest BCUT2D eigenvalue weighted by Gasteiger charge is 2.44. The molecule has 0 atom stereocenters. The Bertz CT molecular complexity index is 794. The van der Waals surface area contributed by atoms with Gasteiger partial charge in [-0.25, -0.2) is 9.18 Å². The van der Waals surface area contributed by atoms with Crippen LogP contribution in [0.25, 0.3) is 0 Å². The summed E-state index contributed by atoms with van der Waals surface area (Å²) in [7, 11) is 1.42. The van der Waals surface area contributed by atoms with E-state index in [2.05, 4.69) is 5.32 Å². The average Bonchev–Trinajstić information content (AvgIpc) is 2.81. The zero-order valence-electron chi connectivity index (χ0n) is 15.8. The number of hydrogen-bond acceptors (Lipinski definition) is 5. The molecule has 10 heteroatoms. The summed E-state index contributed by atoms with van der Waals surface area (Å²) in [5, 5.41) is 2.69. The normalized spacial score (nSPS) is 15.4. The molecule has 1 aliphatic rings. The van der Waals surface area contributed by atoms with Gasteiger partial charge in [0.2, 0.25) is 0 Å². The van der Waals surface area contributed by atoms with Crippen LogP contribution in [0.4, 0.5) is 9.18 Å². The van der Waals surface area contributed by atoms with Crippen LogP contribution in [0.15, 0.2) is 18.2 Å². The second-order valence-corrected chi connectivity index (χ2v) is 7.28. The van der Waals surface area contributed by atoms with Crippen molar-refractivity contribution in [2.24, 2.45) is 0 Å². The topological polar surface area (TPSA) is 96.0 Å². The van der Waals surface area contributed by atoms with Gasteiger partial charge in [-0.1, -0.05) is 17.7 Å². The van der Waals surface area contributed by atoms with Gasteiger partial charge in [0.1, 0.15) is 11.4 Å². The molecule has 1 heterocycles. The molecule has 1 fully saturated rings. The third-order valence-corrected chi connectivity index (χ3v) is 4.58. The van der Waals surface area contributed by atoms with Crippen LogP contribution in [0.3, 0.4) is 0 Å². The average molecular weight is 414 g/mol. The Kier molecular flexibility index (Phi) is 6.60. The van der Waals surface area contributed by atoms with Gasteiger partial charge in [0.05, 0.1) is 6.42 Å². The highest BCUT2D eigenvalue weighted by molar-refractivity contribution is 6.31. The van der Waals surface area contributed by atoms with Crippen molar-refractivity contribution < 1.29 is 28.3 Å². The van der Waals surface area contributed by atoms with E-state index in [1.807, 2.05) is 0 Å². The molecule has 0 radical (unpaired) electrons. The number of carbonyl (C=O) groups excluding carboxylic acids is 4. The summed E-state index contributed by atoms with van der Waals surface area (Å²) >= 11 is 5.92. The number of ether oxygens (including phenoxy) is 1. The molecule has 0 aliphatic carbocycles. The maximum absolute atomic E-state index is 13.8. The van der Waals surface area contributed by atoms with E-state index < -0.39 is 41.8 Å². The van der Waals surface area contributed by atoms with E-state index in [1.165, 1.54) is 30.1 Å². The van der Waals surface area contributed by atoms with Crippen LogP contribution in [0.5, 0.6) is 0 Å². The van der Waals surface area contributed by atoms with Gasteiger partial charge < -0.3 is 15.0 Å². The minimum atomic E-state index is -1.02. The molecule has 0 unspecified atom stereocenters. The number of likely N-dealkylation sites (N-methyl/N-ethyl adjacent to an activating group) is 1. The van der Waals surface area contributed by atoms with Crippen LogP contribution in [-0.4, -0.2) is 59.4 Å². The second kappa shape index (κ2) is 8.55. The first-order valence-corrected chi connectivity index (χ1v) is 8.87. The van der Waals surface area contributed by atoms with Crippen molar-refractivity contribution in [3.63, 3.8) is 0 Å². The molecule has 4 amide bonds. The fourth-order valence-corrected chi connectivity index (χ4v) is 2.78. The molecule has 1 aliphatic heterocycles. The standard InChI is InChI=1S/C18H21ClFN3O5/c1-18(2)16(26)23(17(27)21-18)8-7-15(25)28-10-14(24)22(3)9-11-12(19)5-4-6-13(11)20/h4-6H,7-10H2,1-3H3,(H,21,27). The summed E-state index contributed by atoms with van der Waals surface area (Å²) in [6.45, 7) is 2.33. The maximum atomic E-state index is 13.8. The van der Waals surface area contributed by atoms with Gasteiger partial charge in [-0.3, -0.25) is 19.3 Å². The number of benzene rings is 1. The predicted octanol–water partition coefficient (Wildman–Crippen LogP) is 1.70. The lowest BCUT2D eigenvalue weighted by Crippen LogP contribution is -2.40. The Morgan fingerprint density at radius 1 is 1.32 bits per heavy atom. The third-order valence-electron chi connectivity index (χ3n) is 4.22. The number of nitrogens with one attached hydrogen (secondary N) is 1. The van der Waals surface area contributed by atoms with Crippen LogP contribution < -0.4 is 5.32 Å². The third kappa shape index (κ3) is 4.98. The Balaban J connectivity index is 1.80. The lowest BCUT2D eigenvalue weighted by atomic mass is 10.1. The molecule has 8 nitrogen and oxygen atoms in total. The highest BCUT2D eigenvalue weighted by Crippen LogP contribution is 2.20. The van der Waals surface area contributed by atoms with E-state index in [1.54, 1.807) is 13.8 Å². The zero-order chi connectivity index (χ0) is 21.1. The molecule has 28 heavy (non-hydrogen) atoms. The summed E-state index contributed by atoms with van der Waals surface area (Å²) in [6.07, 6.45) is -0.245. The number of urea groups is 1. The van der Waals surface area contributed by atoms with E-state index in [4.69, 9.17) is 16.3 Å². The summed E-state index contributed by atoms with van der Waals surface area (Å²) in [5.74, 6) is -2.27. The lowest BCUT2D eigenvalue weighted by Gasteiger charge is -2.18. The molecule has 0 bridgehead atoms. The SMILES string of the molecule is CN(Cc1c(F)cccc1Cl)C(=O)COC(=O)CCN1C(=O)NC(C)(C)C1=O. The molecule has 0 spiro atoms. The molecule has 2 rings (SSSR count). The van der Waals surface area contributed by atoms with Gasteiger partial charge in [-0.2, -0.15) is 0 Å². The largest absolute Gasteiger partial charge is 0.456 e. The number of hydrogen-bond donors (Lipinski definition) is 1. The molecular formula is C18H21ClFN3O5. The molecule has 152 valence electrons. The van der Waals surface area contributed by atoms with Gasteiger partial charge in [0.15, 0.2) is 6.61 Å². The van der Waals surface area contributed by atoms with Crippen molar-refractivity contribution in [2.75, 3.05) is 20.2 Å². The molecular weight excluding hydrogens is 393 g/mol. The van der Waals surface area contributed by atoms with Crippen molar-refractivity contribution in [2.45, 2.75) is 32.4 Å². The second-order valence-electron chi connectivity index (χ2n) is 6.87. The van der Waals surface area contributed by atoms with E-state index in [9.17, 15) is 23.6 Å². The van der Waals surface area contributed by atoms with Gasteiger partial charge in [-0.15, -0.1) is 0 Å². The van der Waals surface area contributed by atoms with Gasteiger partial charge >= 0.3 is 12.0 Å². The summed E-state index contributed by atoms with van der Waals surface area (Å²) in [4.78, 5) is 49.8. The maximum Gasteiger partial charge on any atom is 0.325 e. The summed E-state index contributed by atoms with van der Waals surface area (Å²) < 4.78 is 18.7. The van der Waals surface area contributed by atoms with Gasteiger partial charge in [0.25, 0.3) is 11.8 Å². The Labute approximate surface area is 166 Å². The first-order valence-electron chi connectivity index (χ1n) is 8.49. The van der Waals surface area contributed by atoms with Crippen LogP contribution >= 0.6 is 11.6 Å². The van der Waals surface area contributed by atoms with Gasteiger partial charge in [-0.05, 0) is 26.0 Å². The molecule has 1 N–H and O–H groups in total. The van der Waals surface area contributed by atoms with Crippen molar-refractivity contribution in [1.29, 1.82) is 0 Å². The number of esters is 1. The van der Waals surface area contributed by atoms with Crippen molar-refractivity contribution >= 4 is 35.4 Å².